The summed E-state index contributed by atoms with van der Waals surface area (Å²) in [5.41, 5.74) is -2.11. The van der Waals surface area contributed by atoms with Crippen molar-refractivity contribution in [3.63, 3.8) is 0 Å². The van der Waals surface area contributed by atoms with Gasteiger partial charge in [-0.3, -0.25) is 19.2 Å². The molecule has 18 nitrogen and oxygen atoms in total. The lowest BCUT2D eigenvalue weighted by Gasteiger charge is -2.38. The van der Waals surface area contributed by atoms with Gasteiger partial charge in [0.15, 0.2) is 17.3 Å². The maximum atomic E-state index is 13.6. The van der Waals surface area contributed by atoms with Crippen LogP contribution in [0.3, 0.4) is 0 Å². The summed E-state index contributed by atoms with van der Waals surface area (Å²) in [6.45, 7) is 14.4. The van der Waals surface area contributed by atoms with E-state index in [-0.39, 0.29) is 73.6 Å². The number of oxazole rings is 2. The predicted octanol–water partition coefficient (Wildman–Crippen LogP) is 8.94. The van der Waals surface area contributed by atoms with E-state index in [1.807, 2.05) is 44.2 Å². The number of epoxide rings is 1. The second-order valence-electron chi connectivity index (χ2n) is 17.4. The molecule has 0 aromatic carbocycles. The zero-order chi connectivity index (χ0) is 51.9. The zero-order valence-electron chi connectivity index (χ0n) is 41.4. The Labute approximate surface area is 409 Å². The molecular weight excluding hydrogens is 909 g/mol. The third-order valence-corrected chi connectivity index (χ3v) is 11.2. The molecular formula is C52H68N2O16. The van der Waals surface area contributed by atoms with E-state index in [1.165, 1.54) is 12.5 Å². The number of carboxylic acid groups (broad SMARTS) is 2. The number of esters is 4. The molecule has 70 heavy (non-hydrogen) atoms. The molecule has 18 heteroatoms. The minimum absolute atomic E-state index is 0.0548. The van der Waals surface area contributed by atoms with Gasteiger partial charge in [-0.05, 0) is 39.3 Å². The molecule has 0 amide bonds. The van der Waals surface area contributed by atoms with Crippen LogP contribution in [0, 0.1) is 10.8 Å². The van der Waals surface area contributed by atoms with Crippen molar-refractivity contribution >= 4 is 41.9 Å². The van der Waals surface area contributed by atoms with Gasteiger partial charge in [-0.15, -0.1) is 0 Å². The number of allylic oxidation sites excluding steroid dienone is 6. The van der Waals surface area contributed by atoms with Crippen molar-refractivity contribution in [1.29, 1.82) is 0 Å². The second kappa shape index (κ2) is 28.7. The van der Waals surface area contributed by atoms with Gasteiger partial charge in [0, 0.05) is 36.9 Å². The highest BCUT2D eigenvalue weighted by atomic mass is 16.6. The number of hydrogen-bond acceptors (Lipinski definition) is 16. The first-order valence-corrected chi connectivity index (χ1v) is 23.2. The third-order valence-electron chi connectivity index (χ3n) is 11.2. The van der Waals surface area contributed by atoms with Crippen LogP contribution in [-0.2, 0) is 54.0 Å². The monoisotopic (exact) mass is 976 g/mol. The van der Waals surface area contributed by atoms with E-state index in [9.17, 15) is 28.8 Å². The standard InChI is InChI=1S/C52H68N2O16/c1-10-14-21-34(63-9)31-44-54-36(33-65-44)50(62)70-42(52(7,8)40(20-13-4)68-48(60)30-28-46(57)58)25-18-23-38-37(66-38)22-16-17-26-43-53-35(32-64-43)49(61)69-41(24-15-11-2)51(5,6)39(19-12-3)67-47(59)29-27-45(55)56/h11-23,26,32-34,37-42H,10,24-25,27-31H2,1-9H3,(H,55,56)(H,57,58)/b15-11-,19-12+,20-13+,21-14+,22-16+,23-18-,26-17-/t34-,37-,38+,39-,40-,41-,42-/m0/s1. The molecule has 0 unspecified atom stereocenters. The lowest BCUT2D eigenvalue weighted by Crippen LogP contribution is -2.44. The maximum absolute atomic E-state index is 13.6. The molecule has 0 radical (unpaired) electrons. The van der Waals surface area contributed by atoms with E-state index < -0.39 is 77.5 Å². The van der Waals surface area contributed by atoms with Gasteiger partial charge >= 0.3 is 35.8 Å². The van der Waals surface area contributed by atoms with Crippen molar-refractivity contribution in [2.45, 2.75) is 149 Å². The largest absolute Gasteiger partial charge is 0.481 e. The first kappa shape index (κ1) is 57.7. The van der Waals surface area contributed by atoms with E-state index in [1.54, 1.807) is 103 Å². The Morgan fingerprint density at radius 2 is 1.20 bits per heavy atom. The minimum atomic E-state index is -1.14. The lowest BCUT2D eigenvalue weighted by atomic mass is 9.78. The highest BCUT2D eigenvalue weighted by Gasteiger charge is 2.43. The van der Waals surface area contributed by atoms with Gasteiger partial charge < -0.3 is 47.5 Å². The van der Waals surface area contributed by atoms with Crippen molar-refractivity contribution < 1.29 is 76.2 Å². The molecule has 7 atom stereocenters. The normalized spacial score (nSPS) is 17.7. The van der Waals surface area contributed by atoms with Crippen LogP contribution in [0.4, 0.5) is 0 Å². The Hall–Kier alpha value is -6.66. The van der Waals surface area contributed by atoms with E-state index in [0.717, 1.165) is 6.42 Å². The number of hydrogen-bond donors (Lipinski definition) is 2. The quantitative estimate of drug-likeness (QED) is 0.0235. The Kier molecular flexibility index (Phi) is 23.7. The third kappa shape index (κ3) is 19.0. The average Bonchev–Trinajstić information content (AvgIpc) is 3.61. The molecule has 0 saturated carbocycles. The maximum Gasteiger partial charge on any atom is 0.360 e. The fraction of sp³-hybridized carbons (Fsp3) is 0.500. The topological polar surface area (TPSA) is 254 Å². The second-order valence-corrected chi connectivity index (χ2v) is 17.4. The van der Waals surface area contributed by atoms with Crippen molar-refractivity contribution in [3.8, 4) is 0 Å². The summed E-state index contributed by atoms with van der Waals surface area (Å²) in [5, 5.41) is 18.1. The molecule has 1 saturated heterocycles. The molecule has 0 bridgehead atoms. The number of aliphatic carboxylic acids is 2. The van der Waals surface area contributed by atoms with Crippen molar-refractivity contribution in [1.82, 2.24) is 9.97 Å². The summed E-state index contributed by atoms with van der Waals surface area (Å²) in [4.78, 5) is 82.8. The van der Waals surface area contributed by atoms with Crippen molar-refractivity contribution in [2.24, 2.45) is 10.8 Å². The van der Waals surface area contributed by atoms with Gasteiger partial charge in [0.05, 0.1) is 38.2 Å². The number of carbonyl (C=O) groups is 6. The number of methoxy groups -OCH3 is 1. The Morgan fingerprint density at radius 1 is 0.671 bits per heavy atom. The number of aromatic nitrogens is 2. The molecule has 1 fully saturated rings. The summed E-state index contributed by atoms with van der Waals surface area (Å²) in [6.07, 6.45) is 22.8. The number of ether oxygens (including phenoxy) is 6. The van der Waals surface area contributed by atoms with E-state index in [0.29, 0.717) is 6.42 Å². The number of nitrogens with zero attached hydrogens (tertiary/aromatic N) is 2. The van der Waals surface area contributed by atoms with Crippen molar-refractivity contribution in [3.05, 3.63) is 115 Å². The first-order chi connectivity index (χ1) is 33.3. The smallest absolute Gasteiger partial charge is 0.360 e. The fourth-order valence-electron chi connectivity index (χ4n) is 6.80. The molecule has 0 spiro atoms. The van der Waals surface area contributed by atoms with Crippen LogP contribution in [-0.4, -0.2) is 106 Å². The molecule has 2 aromatic rings. The molecule has 3 rings (SSSR count). The van der Waals surface area contributed by atoms with E-state index in [4.69, 9.17) is 47.5 Å². The summed E-state index contributed by atoms with van der Waals surface area (Å²) >= 11 is 0. The highest BCUT2D eigenvalue weighted by Crippen LogP contribution is 2.36. The van der Waals surface area contributed by atoms with Gasteiger partial charge in [0.1, 0.15) is 49.2 Å². The molecule has 2 N–H and O–H groups in total. The van der Waals surface area contributed by atoms with E-state index >= 15 is 0 Å². The van der Waals surface area contributed by atoms with Gasteiger partial charge in [0.2, 0.25) is 5.89 Å². The van der Waals surface area contributed by atoms with Crippen LogP contribution in [0.2, 0.25) is 0 Å². The average molecular weight is 977 g/mol. The van der Waals surface area contributed by atoms with Gasteiger partial charge in [-0.25, -0.2) is 19.6 Å². The van der Waals surface area contributed by atoms with Crippen molar-refractivity contribution in [2.75, 3.05) is 7.11 Å². The predicted molar refractivity (Wildman–Crippen MR) is 256 cm³/mol. The molecule has 382 valence electrons. The summed E-state index contributed by atoms with van der Waals surface area (Å²) in [6, 6.07) is 0. The SMILES string of the molecule is C/C=C\C[C@H](OC(=O)c1coc(/C=C\C=C\[C@@H]2O[C@@H]2/C=C\C[C@H](OC(=O)c2coc(C[C@H](/C=C/CC)OC)n2)C(C)(C)[C@H](/C=C/C)OC(=O)CCC(=O)O)n1)C(C)(C)[C@H](/C=C/C)OC(=O)CCC(=O)O. The van der Waals surface area contributed by atoms with Crippen LogP contribution in [0.25, 0.3) is 6.08 Å². The van der Waals surface area contributed by atoms with Gasteiger partial charge in [0.25, 0.3) is 0 Å². The molecule has 1 aliphatic rings. The lowest BCUT2D eigenvalue weighted by molar-refractivity contribution is -0.158. The molecule has 2 aromatic heterocycles. The van der Waals surface area contributed by atoms with Crippen LogP contribution >= 0.6 is 0 Å². The Balaban J connectivity index is 1.70. The molecule has 0 aliphatic carbocycles. The van der Waals surface area contributed by atoms with Crippen LogP contribution in [0.5, 0.6) is 0 Å². The summed E-state index contributed by atoms with van der Waals surface area (Å²) in [7, 11) is 1.56. The molecule has 3 heterocycles. The van der Waals surface area contributed by atoms with Gasteiger partial charge in [-0.2, -0.15) is 0 Å². The Morgan fingerprint density at radius 3 is 1.71 bits per heavy atom. The highest BCUT2D eigenvalue weighted by molar-refractivity contribution is 5.87. The van der Waals surface area contributed by atoms with Crippen LogP contribution < -0.4 is 0 Å². The van der Waals surface area contributed by atoms with Crippen LogP contribution in [0.15, 0.2) is 100 Å². The minimum Gasteiger partial charge on any atom is -0.481 e. The summed E-state index contributed by atoms with van der Waals surface area (Å²) in [5.74, 6) is -4.78. The fourth-order valence-corrected chi connectivity index (χ4v) is 6.80. The number of rotatable bonds is 31. The Bertz CT molecular complexity index is 2260. The zero-order valence-corrected chi connectivity index (χ0v) is 41.4. The number of carboxylic acids is 2. The van der Waals surface area contributed by atoms with Gasteiger partial charge in [-0.1, -0.05) is 101 Å². The van der Waals surface area contributed by atoms with E-state index in [2.05, 4.69) is 9.97 Å². The summed E-state index contributed by atoms with van der Waals surface area (Å²) < 4.78 is 45.7. The van der Waals surface area contributed by atoms with Crippen LogP contribution in [0.1, 0.15) is 133 Å². The molecule has 1 aliphatic heterocycles. The first-order valence-electron chi connectivity index (χ1n) is 23.2. The number of carbonyl (C=O) groups excluding carboxylic acids is 4.